The highest BCUT2D eigenvalue weighted by atomic mass is 16.4. The summed E-state index contributed by atoms with van der Waals surface area (Å²) in [5.74, 6) is -0.225. The van der Waals surface area contributed by atoms with Crippen molar-refractivity contribution in [2.75, 3.05) is 17.2 Å². The molecule has 2 heterocycles. The van der Waals surface area contributed by atoms with E-state index in [2.05, 4.69) is 16.1 Å². The molecule has 3 rings (SSSR count). The van der Waals surface area contributed by atoms with Crippen molar-refractivity contribution in [2.45, 2.75) is 26.7 Å². The maximum absolute atomic E-state index is 11.5. The molecule has 1 aromatic heterocycles. The Hall–Kier alpha value is -2.50. The quantitative estimate of drug-likeness (QED) is 0.832. The molecule has 0 radical (unpaired) electrons. The lowest BCUT2D eigenvalue weighted by Gasteiger charge is -2.30. The third-order valence-corrected chi connectivity index (χ3v) is 4.14. The lowest BCUT2D eigenvalue weighted by molar-refractivity contribution is 0.0683. The van der Waals surface area contributed by atoms with E-state index in [1.165, 1.54) is 4.68 Å². The molecule has 6 nitrogen and oxygen atoms in total. The van der Waals surface area contributed by atoms with Crippen LogP contribution in [-0.2, 0) is 13.5 Å². The smallest absolute Gasteiger partial charge is 0.354 e. The first-order valence-corrected chi connectivity index (χ1v) is 7.33. The fourth-order valence-corrected chi connectivity index (χ4v) is 3.37. The van der Waals surface area contributed by atoms with Crippen LogP contribution < -0.4 is 10.6 Å². The molecular formula is C16H20N4O2. The first kappa shape index (κ1) is 14.4. The summed E-state index contributed by atoms with van der Waals surface area (Å²) in [7, 11) is 1.67. The van der Waals surface area contributed by atoms with E-state index in [0.717, 1.165) is 41.8 Å². The molecule has 0 atom stereocenters. The number of fused-ring (bicyclic) bond motifs is 1. The number of carboxylic acid groups (broad SMARTS) is 1. The molecule has 6 heteroatoms. The molecule has 0 saturated carbocycles. The topological polar surface area (TPSA) is 84.4 Å². The van der Waals surface area contributed by atoms with Crippen LogP contribution in [0.3, 0.4) is 0 Å². The number of carbonyl (C=O) groups is 1. The van der Waals surface area contributed by atoms with Crippen LogP contribution in [0.5, 0.6) is 0 Å². The summed E-state index contributed by atoms with van der Waals surface area (Å²) < 4.78 is 1.45. The fourth-order valence-electron chi connectivity index (χ4n) is 3.37. The summed E-state index contributed by atoms with van der Waals surface area (Å²) in [4.78, 5) is 13.5. The number of benzene rings is 1. The number of hydrogen-bond donors (Lipinski definition) is 2. The maximum Gasteiger partial charge on any atom is 0.354 e. The Morgan fingerprint density at radius 3 is 2.73 bits per heavy atom. The van der Waals surface area contributed by atoms with Crippen LogP contribution in [-0.4, -0.2) is 27.4 Å². The van der Waals surface area contributed by atoms with Crippen LogP contribution in [0, 0.1) is 13.8 Å². The molecule has 1 aliphatic rings. The van der Waals surface area contributed by atoms with Crippen LogP contribution >= 0.6 is 0 Å². The first-order valence-electron chi connectivity index (χ1n) is 7.33. The average Bonchev–Trinajstić information content (AvgIpc) is 2.74. The molecule has 0 bridgehead atoms. The summed E-state index contributed by atoms with van der Waals surface area (Å²) in [5, 5.41) is 13.8. The zero-order chi connectivity index (χ0) is 16.0. The van der Waals surface area contributed by atoms with E-state index in [1.54, 1.807) is 7.05 Å². The van der Waals surface area contributed by atoms with E-state index < -0.39 is 5.97 Å². The predicted octanol–water partition coefficient (Wildman–Crippen LogP) is 2.40. The Morgan fingerprint density at radius 2 is 2.09 bits per heavy atom. The van der Waals surface area contributed by atoms with Gasteiger partial charge in [0.1, 0.15) is 0 Å². The number of hydrogen-bond acceptors (Lipinski definition) is 4. The highest BCUT2D eigenvalue weighted by molar-refractivity contribution is 5.91. The lowest BCUT2D eigenvalue weighted by Crippen LogP contribution is -2.26. The molecule has 0 unspecified atom stereocenters. The number of aromatic carboxylic acids is 1. The number of anilines is 3. The number of rotatable bonds is 2. The molecule has 116 valence electrons. The maximum atomic E-state index is 11.5. The van der Waals surface area contributed by atoms with Gasteiger partial charge in [-0.25, -0.2) is 4.79 Å². The van der Waals surface area contributed by atoms with Crippen molar-refractivity contribution in [3.05, 3.63) is 34.5 Å². The number of nitrogens with zero attached hydrogens (tertiary/aromatic N) is 3. The van der Waals surface area contributed by atoms with Gasteiger partial charge >= 0.3 is 5.97 Å². The Balaban J connectivity index is 2.18. The standard InChI is InChI=1S/C16H20N4O2/c1-9-7-10(2)13(12(17)8-9)20-6-4-5-11-14(16(21)22)19(3)18-15(11)20/h7-8H,4-6,17H2,1-3H3,(H,21,22). The second-order valence-corrected chi connectivity index (χ2v) is 5.85. The molecule has 0 aliphatic carbocycles. The van der Waals surface area contributed by atoms with Crippen LogP contribution in [0.4, 0.5) is 17.2 Å². The molecule has 0 spiro atoms. The second kappa shape index (κ2) is 5.05. The van der Waals surface area contributed by atoms with Crippen molar-refractivity contribution in [2.24, 2.45) is 7.05 Å². The molecule has 1 aliphatic heterocycles. The van der Waals surface area contributed by atoms with Gasteiger partial charge in [-0.05, 0) is 43.9 Å². The summed E-state index contributed by atoms with van der Waals surface area (Å²) in [6.45, 7) is 4.82. The highest BCUT2D eigenvalue weighted by Crippen LogP contribution is 2.39. The van der Waals surface area contributed by atoms with Gasteiger partial charge in [-0.3, -0.25) is 4.68 Å². The van der Waals surface area contributed by atoms with Crippen molar-refractivity contribution < 1.29 is 9.90 Å². The van der Waals surface area contributed by atoms with Gasteiger partial charge in [-0.15, -0.1) is 0 Å². The van der Waals surface area contributed by atoms with Crippen molar-refractivity contribution in [3.63, 3.8) is 0 Å². The van der Waals surface area contributed by atoms with Crippen LogP contribution in [0.25, 0.3) is 0 Å². The Labute approximate surface area is 129 Å². The van der Waals surface area contributed by atoms with Crippen LogP contribution in [0.1, 0.15) is 33.6 Å². The molecule has 22 heavy (non-hydrogen) atoms. The number of carboxylic acids is 1. The Kier molecular flexibility index (Phi) is 3.31. The molecule has 2 aromatic rings. The first-order chi connectivity index (χ1) is 10.4. The van der Waals surface area contributed by atoms with E-state index >= 15 is 0 Å². The van der Waals surface area contributed by atoms with Crippen molar-refractivity contribution in [3.8, 4) is 0 Å². The summed E-state index contributed by atoms with van der Waals surface area (Å²) >= 11 is 0. The van der Waals surface area contributed by atoms with Gasteiger partial charge in [-0.2, -0.15) is 5.10 Å². The van der Waals surface area contributed by atoms with Crippen molar-refractivity contribution in [1.82, 2.24) is 9.78 Å². The largest absolute Gasteiger partial charge is 0.477 e. The monoisotopic (exact) mass is 300 g/mol. The lowest BCUT2D eigenvalue weighted by atomic mass is 10.0. The van der Waals surface area contributed by atoms with Gasteiger partial charge in [0.25, 0.3) is 0 Å². The van der Waals surface area contributed by atoms with Crippen LogP contribution in [0.2, 0.25) is 0 Å². The minimum atomic E-state index is -0.938. The van der Waals surface area contributed by atoms with Gasteiger partial charge in [0.05, 0.1) is 11.4 Å². The van der Waals surface area contributed by atoms with E-state index in [-0.39, 0.29) is 5.69 Å². The highest BCUT2D eigenvalue weighted by Gasteiger charge is 2.30. The second-order valence-electron chi connectivity index (χ2n) is 5.85. The fraction of sp³-hybridized carbons (Fsp3) is 0.375. The van der Waals surface area contributed by atoms with Crippen molar-refractivity contribution >= 4 is 23.2 Å². The van der Waals surface area contributed by atoms with E-state index in [4.69, 9.17) is 5.73 Å². The summed E-state index contributed by atoms with van der Waals surface area (Å²) in [5.41, 5.74) is 11.1. The molecule has 0 saturated heterocycles. The van der Waals surface area contributed by atoms with E-state index in [1.807, 2.05) is 19.9 Å². The number of aryl methyl sites for hydroxylation is 3. The minimum absolute atomic E-state index is 0.267. The molecule has 0 amide bonds. The van der Waals surface area contributed by atoms with Crippen LogP contribution in [0.15, 0.2) is 12.1 Å². The number of nitrogens with two attached hydrogens (primary N) is 1. The third kappa shape index (κ3) is 2.11. The van der Waals surface area contributed by atoms with Crippen molar-refractivity contribution in [1.29, 1.82) is 0 Å². The van der Waals surface area contributed by atoms with Gasteiger partial charge in [0, 0.05) is 19.2 Å². The molecule has 0 fully saturated rings. The predicted molar refractivity (Wildman–Crippen MR) is 85.8 cm³/mol. The zero-order valence-corrected chi connectivity index (χ0v) is 13.1. The zero-order valence-electron chi connectivity index (χ0n) is 13.1. The van der Waals surface area contributed by atoms with Gasteiger partial charge in [0.15, 0.2) is 11.5 Å². The van der Waals surface area contributed by atoms with E-state index in [0.29, 0.717) is 11.5 Å². The SMILES string of the molecule is Cc1cc(C)c(N2CCCc3c2nn(C)c3C(=O)O)c(N)c1. The minimum Gasteiger partial charge on any atom is -0.477 e. The van der Waals surface area contributed by atoms with E-state index in [9.17, 15) is 9.90 Å². The normalized spacial score (nSPS) is 14.0. The van der Waals surface area contributed by atoms with Gasteiger partial charge in [0.2, 0.25) is 0 Å². The van der Waals surface area contributed by atoms with Gasteiger partial charge in [-0.1, -0.05) is 6.07 Å². The molecule has 3 N–H and O–H groups in total. The summed E-state index contributed by atoms with van der Waals surface area (Å²) in [6.07, 6.45) is 1.61. The number of aromatic nitrogens is 2. The third-order valence-electron chi connectivity index (χ3n) is 4.14. The Bertz CT molecular complexity index is 741. The molecule has 1 aromatic carbocycles. The number of nitrogen functional groups attached to an aromatic ring is 1. The molecular weight excluding hydrogens is 280 g/mol. The summed E-state index contributed by atoms with van der Waals surface area (Å²) in [6, 6.07) is 4.03. The van der Waals surface area contributed by atoms with Gasteiger partial charge < -0.3 is 15.7 Å². The average molecular weight is 300 g/mol. The Morgan fingerprint density at radius 1 is 1.36 bits per heavy atom.